The molecule has 24 heavy (non-hydrogen) atoms. The van der Waals surface area contributed by atoms with Crippen LogP contribution in [0.25, 0.3) is 0 Å². The molecule has 1 unspecified atom stereocenters. The van der Waals surface area contributed by atoms with Crippen LogP contribution in [0.3, 0.4) is 0 Å². The van der Waals surface area contributed by atoms with Crippen molar-refractivity contribution < 1.29 is 9.53 Å². The first-order chi connectivity index (χ1) is 11.7. The minimum atomic E-state index is -0.121. The molecule has 1 fully saturated rings. The first-order valence-corrected chi connectivity index (χ1v) is 8.62. The molecule has 1 N–H and O–H groups in total. The SMILES string of the molecule is CCOc1ccccc1NC(=O)N1CCCC1c1ccccc1Cl. The summed E-state index contributed by atoms with van der Waals surface area (Å²) >= 11 is 6.32. The Balaban J connectivity index is 1.78. The molecule has 0 spiro atoms. The van der Waals surface area contributed by atoms with Crippen LogP contribution in [-0.4, -0.2) is 24.1 Å². The molecule has 1 atom stereocenters. The number of carbonyl (C=O) groups excluding carboxylic acids is 1. The van der Waals surface area contributed by atoms with Gasteiger partial charge in [-0.15, -0.1) is 0 Å². The third-order valence-corrected chi connectivity index (χ3v) is 4.55. The third-order valence-electron chi connectivity index (χ3n) is 4.21. The second-order valence-electron chi connectivity index (χ2n) is 5.73. The molecular formula is C19H21ClN2O2. The average molecular weight is 345 g/mol. The number of likely N-dealkylation sites (tertiary alicyclic amines) is 1. The lowest BCUT2D eigenvalue weighted by molar-refractivity contribution is 0.207. The lowest BCUT2D eigenvalue weighted by Crippen LogP contribution is -2.34. The summed E-state index contributed by atoms with van der Waals surface area (Å²) in [7, 11) is 0. The highest BCUT2D eigenvalue weighted by Crippen LogP contribution is 2.36. The molecular weight excluding hydrogens is 324 g/mol. The van der Waals surface area contributed by atoms with Crippen molar-refractivity contribution in [2.24, 2.45) is 0 Å². The molecule has 1 heterocycles. The largest absolute Gasteiger partial charge is 0.492 e. The Morgan fingerprint density at radius 3 is 2.79 bits per heavy atom. The highest BCUT2D eigenvalue weighted by Gasteiger charge is 2.31. The number of urea groups is 1. The van der Waals surface area contributed by atoms with E-state index in [1.165, 1.54) is 0 Å². The number of hydrogen-bond acceptors (Lipinski definition) is 2. The number of carbonyl (C=O) groups is 1. The predicted octanol–water partition coefficient (Wildman–Crippen LogP) is 5.11. The van der Waals surface area contributed by atoms with Gasteiger partial charge in [-0.05, 0) is 43.5 Å². The third kappa shape index (κ3) is 3.49. The number of nitrogens with one attached hydrogen (secondary N) is 1. The van der Waals surface area contributed by atoms with Crippen LogP contribution < -0.4 is 10.1 Å². The van der Waals surface area contributed by atoms with Gasteiger partial charge in [0.2, 0.25) is 0 Å². The summed E-state index contributed by atoms with van der Waals surface area (Å²) in [6, 6.07) is 15.1. The lowest BCUT2D eigenvalue weighted by Gasteiger charge is -2.26. The minimum Gasteiger partial charge on any atom is -0.492 e. The van der Waals surface area contributed by atoms with E-state index < -0.39 is 0 Å². The van der Waals surface area contributed by atoms with Crippen LogP contribution in [0.5, 0.6) is 5.75 Å². The summed E-state index contributed by atoms with van der Waals surface area (Å²) in [5.74, 6) is 0.682. The molecule has 0 bridgehead atoms. The highest BCUT2D eigenvalue weighted by molar-refractivity contribution is 6.31. The van der Waals surface area contributed by atoms with Crippen LogP contribution >= 0.6 is 11.6 Å². The smallest absolute Gasteiger partial charge is 0.322 e. The number of hydrogen-bond donors (Lipinski definition) is 1. The van der Waals surface area contributed by atoms with E-state index in [0.717, 1.165) is 24.9 Å². The maximum Gasteiger partial charge on any atom is 0.322 e. The summed E-state index contributed by atoms with van der Waals surface area (Å²) < 4.78 is 5.58. The summed E-state index contributed by atoms with van der Waals surface area (Å²) in [6.07, 6.45) is 1.89. The monoisotopic (exact) mass is 344 g/mol. The van der Waals surface area contributed by atoms with Crippen molar-refractivity contribution in [3.8, 4) is 5.75 Å². The van der Waals surface area contributed by atoms with Crippen LogP contribution in [-0.2, 0) is 0 Å². The number of amides is 2. The highest BCUT2D eigenvalue weighted by atomic mass is 35.5. The van der Waals surface area contributed by atoms with E-state index in [1.54, 1.807) is 0 Å². The lowest BCUT2D eigenvalue weighted by atomic mass is 10.0. The topological polar surface area (TPSA) is 41.6 Å². The van der Waals surface area contributed by atoms with E-state index in [2.05, 4.69) is 5.32 Å². The first-order valence-electron chi connectivity index (χ1n) is 8.24. The van der Waals surface area contributed by atoms with Crippen LogP contribution in [0.2, 0.25) is 5.02 Å². The molecule has 2 aromatic carbocycles. The van der Waals surface area contributed by atoms with Gasteiger partial charge in [-0.1, -0.05) is 41.9 Å². The van der Waals surface area contributed by atoms with Crippen molar-refractivity contribution in [1.82, 2.24) is 4.90 Å². The molecule has 0 radical (unpaired) electrons. The van der Waals surface area contributed by atoms with Crippen molar-refractivity contribution >= 4 is 23.3 Å². The Labute approximate surface area is 147 Å². The van der Waals surface area contributed by atoms with Crippen LogP contribution in [0.15, 0.2) is 48.5 Å². The fourth-order valence-electron chi connectivity index (χ4n) is 3.12. The van der Waals surface area contributed by atoms with E-state index in [9.17, 15) is 4.79 Å². The zero-order valence-corrected chi connectivity index (χ0v) is 14.4. The van der Waals surface area contributed by atoms with E-state index in [1.807, 2.05) is 60.4 Å². The first kappa shape index (κ1) is 16.7. The van der Waals surface area contributed by atoms with Gasteiger partial charge in [0, 0.05) is 11.6 Å². The van der Waals surface area contributed by atoms with Gasteiger partial charge in [-0.25, -0.2) is 4.79 Å². The number of anilines is 1. The Bertz CT molecular complexity index is 720. The molecule has 0 saturated carbocycles. The molecule has 1 saturated heterocycles. The van der Waals surface area contributed by atoms with Crippen LogP contribution in [0.4, 0.5) is 10.5 Å². The predicted molar refractivity (Wildman–Crippen MR) is 96.8 cm³/mol. The van der Waals surface area contributed by atoms with E-state index >= 15 is 0 Å². The average Bonchev–Trinajstić information content (AvgIpc) is 3.07. The summed E-state index contributed by atoms with van der Waals surface area (Å²) in [6.45, 7) is 3.20. The number of benzene rings is 2. The Hall–Kier alpha value is -2.20. The van der Waals surface area contributed by atoms with Gasteiger partial charge in [0.1, 0.15) is 5.75 Å². The van der Waals surface area contributed by atoms with Crippen molar-refractivity contribution in [2.45, 2.75) is 25.8 Å². The van der Waals surface area contributed by atoms with Gasteiger partial charge >= 0.3 is 6.03 Å². The molecule has 1 aliphatic heterocycles. The fourth-order valence-corrected chi connectivity index (χ4v) is 3.38. The maximum absolute atomic E-state index is 12.8. The summed E-state index contributed by atoms with van der Waals surface area (Å²) in [5.41, 5.74) is 1.69. The molecule has 126 valence electrons. The summed E-state index contributed by atoms with van der Waals surface area (Å²) in [5, 5.41) is 3.68. The number of halogens is 1. The van der Waals surface area contributed by atoms with Gasteiger partial charge in [0.15, 0.2) is 0 Å². The van der Waals surface area contributed by atoms with E-state index in [4.69, 9.17) is 16.3 Å². The second-order valence-corrected chi connectivity index (χ2v) is 6.14. The number of rotatable bonds is 4. The standard InChI is InChI=1S/C19H21ClN2O2/c1-2-24-18-12-6-5-10-16(18)21-19(23)22-13-7-11-17(22)14-8-3-4-9-15(14)20/h3-6,8-10,12,17H,2,7,11,13H2,1H3,(H,21,23). The van der Waals surface area contributed by atoms with Crippen molar-refractivity contribution in [2.75, 3.05) is 18.5 Å². The van der Waals surface area contributed by atoms with E-state index in [0.29, 0.717) is 23.1 Å². The molecule has 3 rings (SSSR count). The molecule has 5 heteroatoms. The van der Waals surface area contributed by atoms with Crippen molar-refractivity contribution in [3.63, 3.8) is 0 Å². The molecule has 4 nitrogen and oxygen atoms in total. The molecule has 2 aromatic rings. The van der Waals surface area contributed by atoms with Gasteiger partial charge in [-0.3, -0.25) is 0 Å². The summed E-state index contributed by atoms with van der Waals surface area (Å²) in [4.78, 5) is 14.6. The van der Waals surface area contributed by atoms with Crippen LogP contribution in [0.1, 0.15) is 31.4 Å². The van der Waals surface area contributed by atoms with Gasteiger partial charge in [0.25, 0.3) is 0 Å². The molecule has 0 aromatic heterocycles. The van der Waals surface area contributed by atoms with Crippen molar-refractivity contribution in [3.05, 3.63) is 59.1 Å². The van der Waals surface area contributed by atoms with Crippen LogP contribution in [0, 0.1) is 0 Å². The van der Waals surface area contributed by atoms with Gasteiger partial charge in [-0.2, -0.15) is 0 Å². The quantitative estimate of drug-likeness (QED) is 0.837. The molecule has 1 aliphatic rings. The van der Waals surface area contributed by atoms with E-state index in [-0.39, 0.29) is 12.1 Å². The Morgan fingerprint density at radius 1 is 1.25 bits per heavy atom. The van der Waals surface area contributed by atoms with Crippen molar-refractivity contribution in [1.29, 1.82) is 0 Å². The zero-order chi connectivity index (χ0) is 16.9. The van der Waals surface area contributed by atoms with Gasteiger partial charge < -0.3 is 15.0 Å². The Kier molecular flexibility index (Phi) is 5.26. The second kappa shape index (κ2) is 7.58. The minimum absolute atomic E-state index is 0.0120. The number of para-hydroxylation sites is 2. The molecule has 2 amide bonds. The molecule has 0 aliphatic carbocycles. The maximum atomic E-state index is 12.8. The Morgan fingerprint density at radius 2 is 2.00 bits per heavy atom. The zero-order valence-electron chi connectivity index (χ0n) is 13.7. The number of ether oxygens (including phenoxy) is 1. The number of nitrogens with zero attached hydrogens (tertiary/aromatic N) is 1. The van der Waals surface area contributed by atoms with Gasteiger partial charge in [0.05, 0.1) is 18.3 Å². The fraction of sp³-hybridized carbons (Fsp3) is 0.316. The normalized spacial score (nSPS) is 16.9.